The first kappa shape index (κ1) is 20.2. The molecule has 6 nitrogen and oxygen atoms in total. The monoisotopic (exact) mass is 368 g/mol. The first-order chi connectivity index (χ1) is 12.7. The van der Waals surface area contributed by atoms with Crippen molar-refractivity contribution in [3.63, 3.8) is 0 Å². The maximum absolute atomic E-state index is 12.4. The molecule has 2 amide bonds. The summed E-state index contributed by atoms with van der Waals surface area (Å²) >= 11 is 0. The first-order valence-electron chi connectivity index (χ1n) is 8.64. The summed E-state index contributed by atoms with van der Waals surface area (Å²) in [6.07, 6.45) is 0. The molecule has 0 heterocycles. The highest BCUT2D eigenvalue weighted by molar-refractivity contribution is 5.96. The average molecular weight is 368 g/mol. The lowest BCUT2D eigenvalue weighted by Crippen LogP contribution is -2.34. The van der Waals surface area contributed by atoms with Crippen molar-refractivity contribution < 1.29 is 19.5 Å². The second kappa shape index (κ2) is 8.49. The summed E-state index contributed by atoms with van der Waals surface area (Å²) in [6.45, 7) is 5.86. The number of carboxylic acids is 1. The summed E-state index contributed by atoms with van der Waals surface area (Å²) in [5.41, 5.74) is 1.23. The standard InChI is InChI=1S/C21H24N2O4/c1-21(2,3)20(27)22-13-14-9-11-16(12-10-14)18(24)23-17(19(25)26)15-7-5-4-6-8-15/h4-12,17H,13H2,1-3H3,(H,22,27)(H,23,24)(H,25,26)/t17-/m0/s1. The van der Waals surface area contributed by atoms with Crippen molar-refractivity contribution in [3.05, 3.63) is 71.3 Å². The number of aliphatic carboxylic acids is 1. The summed E-state index contributed by atoms with van der Waals surface area (Å²) in [5.74, 6) is -1.66. The van der Waals surface area contributed by atoms with E-state index in [1.54, 1.807) is 54.6 Å². The number of nitrogens with one attached hydrogen (secondary N) is 2. The van der Waals surface area contributed by atoms with Gasteiger partial charge in [0.05, 0.1) is 0 Å². The highest BCUT2D eigenvalue weighted by Gasteiger charge is 2.23. The van der Waals surface area contributed by atoms with Crippen LogP contribution in [0.3, 0.4) is 0 Å². The number of hydrogen-bond acceptors (Lipinski definition) is 3. The zero-order valence-corrected chi connectivity index (χ0v) is 15.7. The van der Waals surface area contributed by atoms with Gasteiger partial charge in [-0.3, -0.25) is 9.59 Å². The Morgan fingerprint density at radius 1 is 0.963 bits per heavy atom. The van der Waals surface area contributed by atoms with Crippen molar-refractivity contribution >= 4 is 17.8 Å². The Balaban J connectivity index is 2.02. The maximum Gasteiger partial charge on any atom is 0.330 e. The molecule has 2 rings (SSSR count). The summed E-state index contributed by atoms with van der Waals surface area (Å²) in [4.78, 5) is 35.8. The highest BCUT2D eigenvalue weighted by Crippen LogP contribution is 2.15. The molecule has 27 heavy (non-hydrogen) atoms. The molecule has 0 aliphatic rings. The van der Waals surface area contributed by atoms with Crippen molar-refractivity contribution in [2.75, 3.05) is 0 Å². The minimum Gasteiger partial charge on any atom is -0.479 e. The minimum atomic E-state index is -1.13. The molecule has 0 aliphatic carbocycles. The van der Waals surface area contributed by atoms with Crippen LogP contribution in [0.5, 0.6) is 0 Å². The van der Waals surface area contributed by atoms with Crippen molar-refractivity contribution in [1.29, 1.82) is 0 Å². The van der Waals surface area contributed by atoms with E-state index < -0.39 is 23.3 Å². The van der Waals surface area contributed by atoms with Crippen LogP contribution in [0.15, 0.2) is 54.6 Å². The number of hydrogen-bond donors (Lipinski definition) is 3. The third-order valence-corrected chi connectivity index (χ3v) is 4.01. The molecule has 2 aromatic carbocycles. The molecule has 0 radical (unpaired) electrons. The molecule has 6 heteroatoms. The second-order valence-electron chi connectivity index (χ2n) is 7.28. The van der Waals surface area contributed by atoms with Gasteiger partial charge in [0.2, 0.25) is 5.91 Å². The molecule has 0 saturated carbocycles. The van der Waals surface area contributed by atoms with Crippen LogP contribution in [0.4, 0.5) is 0 Å². The van der Waals surface area contributed by atoms with E-state index in [1.807, 2.05) is 20.8 Å². The van der Waals surface area contributed by atoms with Crippen LogP contribution in [0.25, 0.3) is 0 Å². The van der Waals surface area contributed by atoms with Gasteiger partial charge < -0.3 is 15.7 Å². The molecule has 0 unspecified atom stereocenters. The lowest BCUT2D eigenvalue weighted by atomic mass is 9.95. The van der Waals surface area contributed by atoms with Gasteiger partial charge >= 0.3 is 5.97 Å². The minimum absolute atomic E-state index is 0.0588. The van der Waals surface area contributed by atoms with Crippen molar-refractivity contribution in [1.82, 2.24) is 10.6 Å². The molecule has 142 valence electrons. The predicted octanol–water partition coefficient (Wildman–Crippen LogP) is 2.90. The number of carbonyl (C=O) groups is 3. The Morgan fingerprint density at radius 2 is 1.56 bits per heavy atom. The van der Waals surface area contributed by atoms with Crippen LogP contribution in [-0.2, 0) is 16.1 Å². The molecule has 0 saturated heterocycles. The van der Waals surface area contributed by atoms with Gasteiger partial charge in [-0.1, -0.05) is 63.2 Å². The van der Waals surface area contributed by atoms with Crippen LogP contribution in [0.1, 0.15) is 48.3 Å². The summed E-state index contributed by atoms with van der Waals surface area (Å²) < 4.78 is 0. The number of amides is 2. The number of rotatable bonds is 6. The molecule has 0 spiro atoms. The van der Waals surface area contributed by atoms with Gasteiger partial charge in [0.25, 0.3) is 5.91 Å². The predicted molar refractivity (Wildman–Crippen MR) is 102 cm³/mol. The molecule has 0 aromatic heterocycles. The SMILES string of the molecule is CC(C)(C)C(=O)NCc1ccc(C(=O)N[C@H](C(=O)O)c2ccccc2)cc1. The Hall–Kier alpha value is -3.15. The van der Waals surface area contributed by atoms with Crippen LogP contribution in [0.2, 0.25) is 0 Å². The van der Waals surface area contributed by atoms with E-state index in [-0.39, 0.29) is 5.91 Å². The van der Waals surface area contributed by atoms with Gasteiger partial charge in [-0.25, -0.2) is 4.79 Å². The average Bonchev–Trinajstić information content (AvgIpc) is 2.64. The third-order valence-electron chi connectivity index (χ3n) is 4.01. The summed E-state index contributed by atoms with van der Waals surface area (Å²) in [5, 5.41) is 14.8. The van der Waals surface area contributed by atoms with Gasteiger partial charge in [0.1, 0.15) is 0 Å². The van der Waals surface area contributed by atoms with Gasteiger partial charge in [0, 0.05) is 17.5 Å². The van der Waals surface area contributed by atoms with Gasteiger partial charge in [-0.2, -0.15) is 0 Å². The smallest absolute Gasteiger partial charge is 0.330 e. The Bertz CT molecular complexity index is 808. The summed E-state index contributed by atoms with van der Waals surface area (Å²) in [7, 11) is 0. The zero-order chi connectivity index (χ0) is 20.0. The fourth-order valence-electron chi connectivity index (χ4n) is 2.37. The Morgan fingerprint density at radius 3 is 2.07 bits per heavy atom. The van der Waals surface area contributed by atoms with E-state index in [2.05, 4.69) is 10.6 Å². The van der Waals surface area contributed by atoms with E-state index in [0.717, 1.165) is 5.56 Å². The van der Waals surface area contributed by atoms with Gasteiger partial charge in [0.15, 0.2) is 6.04 Å². The van der Waals surface area contributed by atoms with E-state index in [0.29, 0.717) is 17.7 Å². The van der Waals surface area contributed by atoms with Crippen molar-refractivity contribution in [2.24, 2.45) is 5.41 Å². The fraction of sp³-hybridized carbons (Fsp3) is 0.286. The maximum atomic E-state index is 12.4. The number of carboxylic acid groups (broad SMARTS) is 1. The van der Waals surface area contributed by atoms with Gasteiger partial charge in [-0.15, -0.1) is 0 Å². The van der Waals surface area contributed by atoms with Crippen LogP contribution in [-0.4, -0.2) is 22.9 Å². The van der Waals surface area contributed by atoms with Crippen LogP contribution < -0.4 is 10.6 Å². The van der Waals surface area contributed by atoms with Crippen LogP contribution >= 0.6 is 0 Å². The number of carbonyl (C=O) groups excluding carboxylic acids is 2. The fourth-order valence-corrected chi connectivity index (χ4v) is 2.37. The first-order valence-corrected chi connectivity index (χ1v) is 8.64. The number of benzene rings is 2. The lowest BCUT2D eigenvalue weighted by Gasteiger charge is -2.18. The topological polar surface area (TPSA) is 95.5 Å². The Labute approximate surface area is 158 Å². The van der Waals surface area contributed by atoms with Crippen molar-refractivity contribution in [2.45, 2.75) is 33.4 Å². The van der Waals surface area contributed by atoms with Crippen molar-refractivity contribution in [3.8, 4) is 0 Å². The third kappa shape index (κ3) is 5.67. The molecular formula is C21H24N2O4. The zero-order valence-electron chi connectivity index (χ0n) is 15.7. The van der Waals surface area contributed by atoms with E-state index in [9.17, 15) is 19.5 Å². The molecule has 0 aliphatic heterocycles. The molecular weight excluding hydrogens is 344 g/mol. The molecule has 0 fully saturated rings. The highest BCUT2D eigenvalue weighted by atomic mass is 16.4. The van der Waals surface area contributed by atoms with Gasteiger partial charge in [-0.05, 0) is 23.3 Å². The second-order valence-corrected chi connectivity index (χ2v) is 7.28. The molecule has 1 atom stereocenters. The molecule has 2 aromatic rings. The lowest BCUT2D eigenvalue weighted by molar-refractivity contribution is -0.139. The van der Waals surface area contributed by atoms with E-state index in [1.165, 1.54) is 0 Å². The normalized spacial score (nSPS) is 12.1. The quantitative estimate of drug-likeness (QED) is 0.730. The van der Waals surface area contributed by atoms with E-state index in [4.69, 9.17) is 0 Å². The largest absolute Gasteiger partial charge is 0.479 e. The van der Waals surface area contributed by atoms with Crippen LogP contribution in [0, 0.1) is 5.41 Å². The summed E-state index contributed by atoms with van der Waals surface area (Å²) in [6, 6.07) is 14.1. The Kier molecular flexibility index (Phi) is 6.34. The molecule has 3 N–H and O–H groups in total. The molecule has 0 bridgehead atoms. The van der Waals surface area contributed by atoms with E-state index >= 15 is 0 Å².